The van der Waals surface area contributed by atoms with Crippen LogP contribution in [0, 0.1) is 6.92 Å². The van der Waals surface area contributed by atoms with Gasteiger partial charge >= 0.3 is 5.97 Å². The molecule has 5 heteroatoms. The smallest absolute Gasteiger partial charge is 0.329 e. The molecule has 102 valence electrons. The number of nitrogen functional groups attached to an aromatic ring is 1. The van der Waals surface area contributed by atoms with Gasteiger partial charge in [-0.25, -0.2) is 4.79 Å². The van der Waals surface area contributed by atoms with Gasteiger partial charge in [0, 0.05) is 12.2 Å². The van der Waals surface area contributed by atoms with Crippen LogP contribution in [0.3, 0.4) is 0 Å². The molecule has 0 spiro atoms. The lowest BCUT2D eigenvalue weighted by molar-refractivity contribution is -0.147. The third kappa shape index (κ3) is 2.16. The second-order valence-corrected chi connectivity index (χ2v) is 5.23. The van der Waals surface area contributed by atoms with E-state index in [4.69, 9.17) is 5.73 Å². The maximum absolute atomic E-state index is 12.5. The number of carboxylic acids is 1. The minimum absolute atomic E-state index is 0.302. The fourth-order valence-corrected chi connectivity index (χ4v) is 2.51. The van der Waals surface area contributed by atoms with Crippen LogP contribution in [0.5, 0.6) is 0 Å². The van der Waals surface area contributed by atoms with Crippen LogP contribution in [0.2, 0.25) is 0 Å². The number of aliphatic carboxylic acids is 1. The van der Waals surface area contributed by atoms with Crippen molar-refractivity contribution < 1.29 is 14.7 Å². The Hall–Kier alpha value is -2.04. The van der Waals surface area contributed by atoms with E-state index in [0.717, 1.165) is 5.56 Å². The highest BCUT2D eigenvalue weighted by Crippen LogP contribution is 2.31. The summed E-state index contributed by atoms with van der Waals surface area (Å²) in [4.78, 5) is 25.3. The van der Waals surface area contributed by atoms with E-state index < -0.39 is 11.5 Å². The second-order valence-electron chi connectivity index (χ2n) is 5.23. The van der Waals surface area contributed by atoms with E-state index >= 15 is 0 Å². The number of likely N-dealkylation sites (tertiary alicyclic amines) is 1. The summed E-state index contributed by atoms with van der Waals surface area (Å²) < 4.78 is 0. The molecule has 1 aliphatic rings. The van der Waals surface area contributed by atoms with Gasteiger partial charge in [0.15, 0.2) is 0 Å². The van der Waals surface area contributed by atoms with Crippen LogP contribution in [-0.2, 0) is 4.79 Å². The SMILES string of the molecule is Cc1ccc(N)c(C(=O)N2CCCC2(C)C(=O)O)c1. The number of carbonyl (C=O) groups is 2. The summed E-state index contributed by atoms with van der Waals surface area (Å²) in [7, 11) is 0. The predicted molar refractivity (Wildman–Crippen MR) is 71.9 cm³/mol. The Morgan fingerprint density at radius 3 is 2.74 bits per heavy atom. The van der Waals surface area contributed by atoms with E-state index in [-0.39, 0.29) is 5.91 Å². The second kappa shape index (κ2) is 4.57. The van der Waals surface area contributed by atoms with Gasteiger partial charge < -0.3 is 15.7 Å². The number of carboxylic acid groups (broad SMARTS) is 1. The maximum atomic E-state index is 12.5. The van der Waals surface area contributed by atoms with Gasteiger partial charge in [0.1, 0.15) is 5.54 Å². The predicted octanol–water partition coefficient (Wildman–Crippen LogP) is 1.66. The average molecular weight is 262 g/mol. The van der Waals surface area contributed by atoms with Crippen LogP contribution in [0.15, 0.2) is 18.2 Å². The third-order valence-electron chi connectivity index (χ3n) is 3.79. The Morgan fingerprint density at radius 2 is 2.11 bits per heavy atom. The fraction of sp³-hybridized carbons (Fsp3) is 0.429. The molecule has 19 heavy (non-hydrogen) atoms. The van der Waals surface area contributed by atoms with Crippen molar-refractivity contribution in [1.29, 1.82) is 0 Å². The molecule has 0 saturated carbocycles. The Balaban J connectivity index is 2.39. The first kappa shape index (κ1) is 13.4. The maximum Gasteiger partial charge on any atom is 0.329 e. The van der Waals surface area contributed by atoms with E-state index in [1.165, 1.54) is 4.90 Å². The van der Waals surface area contributed by atoms with Crippen LogP contribution >= 0.6 is 0 Å². The van der Waals surface area contributed by atoms with E-state index in [9.17, 15) is 14.7 Å². The van der Waals surface area contributed by atoms with Crippen molar-refractivity contribution in [3.8, 4) is 0 Å². The first-order valence-corrected chi connectivity index (χ1v) is 6.28. The normalized spacial score (nSPS) is 22.5. The van der Waals surface area contributed by atoms with Crippen LogP contribution in [0.1, 0.15) is 35.7 Å². The number of benzene rings is 1. The zero-order chi connectivity index (χ0) is 14.2. The molecular weight excluding hydrogens is 244 g/mol. The first-order chi connectivity index (χ1) is 8.86. The number of nitrogens with zero attached hydrogens (tertiary/aromatic N) is 1. The molecule has 1 aromatic rings. The Morgan fingerprint density at radius 1 is 1.42 bits per heavy atom. The van der Waals surface area contributed by atoms with Gasteiger partial charge in [-0.05, 0) is 38.8 Å². The van der Waals surface area contributed by atoms with Crippen molar-refractivity contribution in [2.45, 2.75) is 32.2 Å². The third-order valence-corrected chi connectivity index (χ3v) is 3.79. The summed E-state index contributed by atoms with van der Waals surface area (Å²) in [6, 6.07) is 5.21. The minimum atomic E-state index is -1.13. The molecule has 1 heterocycles. The van der Waals surface area contributed by atoms with E-state index in [1.807, 2.05) is 13.0 Å². The zero-order valence-electron chi connectivity index (χ0n) is 11.1. The van der Waals surface area contributed by atoms with Crippen LogP contribution in [0.25, 0.3) is 0 Å². The minimum Gasteiger partial charge on any atom is -0.480 e. The average Bonchev–Trinajstić information content (AvgIpc) is 2.75. The highest BCUT2D eigenvalue weighted by Gasteiger charge is 2.46. The zero-order valence-corrected chi connectivity index (χ0v) is 11.1. The highest BCUT2D eigenvalue weighted by atomic mass is 16.4. The molecule has 0 aromatic heterocycles. The lowest BCUT2D eigenvalue weighted by atomic mass is 9.98. The topological polar surface area (TPSA) is 83.6 Å². The molecular formula is C14H18N2O3. The molecule has 3 N–H and O–H groups in total. The van der Waals surface area contributed by atoms with Crippen LogP contribution in [-0.4, -0.2) is 34.0 Å². The van der Waals surface area contributed by atoms with Gasteiger partial charge in [-0.2, -0.15) is 0 Å². The lowest BCUT2D eigenvalue weighted by Gasteiger charge is -2.31. The van der Waals surface area contributed by atoms with Gasteiger partial charge in [0.05, 0.1) is 5.56 Å². The monoisotopic (exact) mass is 262 g/mol. The number of anilines is 1. The molecule has 1 aliphatic heterocycles. The number of carbonyl (C=O) groups excluding carboxylic acids is 1. The van der Waals surface area contributed by atoms with Crippen molar-refractivity contribution >= 4 is 17.6 Å². The van der Waals surface area contributed by atoms with Crippen molar-refractivity contribution in [2.75, 3.05) is 12.3 Å². The molecule has 0 aliphatic carbocycles. The summed E-state index contributed by atoms with van der Waals surface area (Å²) in [5.74, 6) is -1.27. The summed E-state index contributed by atoms with van der Waals surface area (Å²) in [6.45, 7) is 3.91. The molecule has 1 saturated heterocycles. The van der Waals surface area contributed by atoms with Crippen molar-refractivity contribution in [3.05, 3.63) is 29.3 Å². The van der Waals surface area contributed by atoms with Gasteiger partial charge in [-0.1, -0.05) is 11.6 Å². The van der Waals surface area contributed by atoms with Gasteiger partial charge in [-0.15, -0.1) is 0 Å². The molecule has 0 bridgehead atoms. The fourth-order valence-electron chi connectivity index (χ4n) is 2.51. The van der Waals surface area contributed by atoms with Crippen molar-refractivity contribution in [3.63, 3.8) is 0 Å². The first-order valence-electron chi connectivity index (χ1n) is 6.28. The molecule has 1 fully saturated rings. The Labute approximate surface area is 112 Å². The number of nitrogens with two attached hydrogens (primary N) is 1. The molecule has 1 unspecified atom stereocenters. The summed E-state index contributed by atoms with van der Waals surface area (Å²) in [6.07, 6.45) is 1.17. The summed E-state index contributed by atoms with van der Waals surface area (Å²) >= 11 is 0. The molecule has 1 atom stereocenters. The quantitative estimate of drug-likeness (QED) is 0.794. The number of amides is 1. The number of aryl methyl sites for hydroxylation is 1. The largest absolute Gasteiger partial charge is 0.480 e. The van der Waals surface area contributed by atoms with E-state index in [1.54, 1.807) is 19.1 Å². The highest BCUT2D eigenvalue weighted by molar-refractivity contribution is 6.02. The van der Waals surface area contributed by atoms with Gasteiger partial charge in [-0.3, -0.25) is 4.79 Å². The van der Waals surface area contributed by atoms with Crippen molar-refractivity contribution in [1.82, 2.24) is 4.90 Å². The molecule has 2 rings (SSSR count). The number of hydrogen-bond donors (Lipinski definition) is 2. The van der Waals surface area contributed by atoms with Gasteiger partial charge in [0.2, 0.25) is 0 Å². The molecule has 5 nitrogen and oxygen atoms in total. The molecule has 1 aromatic carbocycles. The molecule has 1 amide bonds. The summed E-state index contributed by atoms with van der Waals surface area (Å²) in [5, 5.41) is 9.34. The standard InChI is InChI=1S/C14H18N2O3/c1-9-4-5-11(15)10(8-9)12(17)16-7-3-6-14(16,2)13(18)19/h4-5,8H,3,6-7,15H2,1-2H3,(H,18,19). The Kier molecular flexibility index (Phi) is 3.22. The molecule has 0 radical (unpaired) electrons. The number of rotatable bonds is 2. The van der Waals surface area contributed by atoms with E-state index in [2.05, 4.69) is 0 Å². The Bertz CT molecular complexity index is 541. The number of hydrogen-bond acceptors (Lipinski definition) is 3. The van der Waals surface area contributed by atoms with E-state index in [0.29, 0.717) is 30.6 Å². The summed E-state index contributed by atoms with van der Waals surface area (Å²) in [5.41, 5.74) is 6.39. The van der Waals surface area contributed by atoms with Gasteiger partial charge in [0.25, 0.3) is 5.91 Å². The lowest BCUT2D eigenvalue weighted by Crippen LogP contribution is -2.50. The van der Waals surface area contributed by atoms with Crippen molar-refractivity contribution in [2.24, 2.45) is 0 Å². The van der Waals surface area contributed by atoms with Crippen LogP contribution < -0.4 is 5.73 Å². The van der Waals surface area contributed by atoms with Crippen LogP contribution in [0.4, 0.5) is 5.69 Å².